The summed E-state index contributed by atoms with van der Waals surface area (Å²) in [6.07, 6.45) is 0. The molecule has 1 heterocycles. The van der Waals surface area contributed by atoms with Crippen LogP contribution >= 0.6 is 0 Å². The normalized spacial score (nSPS) is 16.5. The topological polar surface area (TPSA) is 13.1 Å². The third-order valence-electron chi connectivity index (χ3n) is 8.09. The van der Waals surface area contributed by atoms with Crippen molar-refractivity contribution in [2.24, 2.45) is 0 Å². The predicted octanol–water partition coefficient (Wildman–Crippen LogP) is 13.1. The Morgan fingerprint density at radius 2 is 0.851 bits per heavy atom. The maximum Gasteiger partial charge on any atom is 0.143 e. The lowest BCUT2D eigenvalue weighted by atomic mass is 9.84. The Balaban J connectivity index is 1.54. The lowest BCUT2D eigenvalue weighted by molar-refractivity contribution is 0.632. The quantitative estimate of drug-likeness (QED) is 0.176. The van der Waals surface area contributed by atoms with E-state index in [1.54, 1.807) is 48.5 Å². The van der Waals surface area contributed by atoms with Crippen LogP contribution in [0.1, 0.15) is 23.3 Å². The van der Waals surface area contributed by atoms with Crippen LogP contribution in [0.3, 0.4) is 0 Å². The molecule has 0 aliphatic carbocycles. The van der Waals surface area contributed by atoms with Crippen molar-refractivity contribution in [3.05, 3.63) is 182 Å². The van der Waals surface area contributed by atoms with Crippen LogP contribution in [0.25, 0.3) is 88.3 Å². The summed E-state index contributed by atoms with van der Waals surface area (Å²) in [5.74, 6) is -0.361. The first-order chi connectivity index (χ1) is 30.4. The maximum atomic E-state index is 9.49. The molecule has 0 amide bonds. The minimum atomic E-state index is -0.788. The van der Waals surface area contributed by atoms with Crippen LogP contribution in [0.4, 0.5) is 0 Å². The first-order valence-corrected chi connectivity index (χ1v) is 14.7. The molecule has 0 fully saturated rings. The highest BCUT2D eigenvalue weighted by Crippen LogP contribution is 2.50. The van der Waals surface area contributed by atoms with Gasteiger partial charge in [-0.15, -0.1) is 0 Å². The molecule has 0 saturated heterocycles. The van der Waals surface area contributed by atoms with Gasteiger partial charge in [-0.3, -0.25) is 0 Å². The molecule has 0 spiro atoms. The Labute approximate surface area is 297 Å². The lowest BCUT2D eigenvalue weighted by Crippen LogP contribution is -1.91. The first-order valence-electron chi connectivity index (χ1n) is 23.2. The highest BCUT2D eigenvalue weighted by Gasteiger charge is 2.24. The molecule has 9 aromatic rings. The van der Waals surface area contributed by atoms with E-state index in [1.165, 1.54) is 0 Å². The van der Waals surface area contributed by atoms with Crippen molar-refractivity contribution < 1.29 is 27.7 Å². The summed E-state index contributed by atoms with van der Waals surface area (Å²) < 4.78 is 159. The number of fused-ring (bicyclic) bond motifs is 3. The van der Waals surface area contributed by atoms with Crippen LogP contribution in [0, 0.1) is 0 Å². The molecule has 220 valence electrons. The molecular formula is C46H30O. The molecule has 0 aliphatic heterocycles. The van der Waals surface area contributed by atoms with Gasteiger partial charge in [-0.05, 0) is 67.1 Å². The standard InChI is InChI=1S/C46H30O/c1-4-14-31(15-5-1)33-24-26-35(27-25-33)46-45(41-29-28-36(30-42(41)47-46)32-16-6-2-7-17-32)44-39-22-12-10-20-37(39)43(34-18-8-3-9-19-34)38-21-11-13-23-40(38)44/h1-30H/i1D,4D,5D,10D,11D,12D,13D,14D,15D,20D,21D,22D,23D,24D,25D,26D,27D. The van der Waals surface area contributed by atoms with Gasteiger partial charge >= 0.3 is 0 Å². The van der Waals surface area contributed by atoms with E-state index in [0.29, 0.717) is 11.1 Å². The minimum absolute atomic E-state index is 0.0735. The molecule has 47 heavy (non-hydrogen) atoms. The Bertz CT molecular complexity index is 3370. The highest BCUT2D eigenvalue weighted by atomic mass is 16.3. The molecule has 0 bridgehead atoms. The molecule has 0 aliphatic rings. The molecule has 0 saturated carbocycles. The molecule has 9 rings (SSSR count). The Hall–Kier alpha value is -6.18. The second-order valence-electron chi connectivity index (χ2n) is 10.7. The van der Waals surface area contributed by atoms with Crippen molar-refractivity contribution in [2.45, 2.75) is 0 Å². The van der Waals surface area contributed by atoms with Gasteiger partial charge in [0.05, 0.1) is 23.3 Å². The third kappa shape index (κ3) is 4.64. The van der Waals surface area contributed by atoms with Gasteiger partial charge in [0, 0.05) is 22.1 Å². The Morgan fingerprint density at radius 3 is 1.47 bits per heavy atom. The van der Waals surface area contributed by atoms with Gasteiger partial charge in [0.1, 0.15) is 11.3 Å². The Morgan fingerprint density at radius 1 is 0.340 bits per heavy atom. The number of furan rings is 1. The summed E-state index contributed by atoms with van der Waals surface area (Å²) in [5.41, 5.74) is 0.150. The largest absolute Gasteiger partial charge is 0.455 e. The summed E-state index contributed by atoms with van der Waals surface area (Å²) in [5, 5.41) is -0.325. The zero-order chi connectivity index (χ0) is 46.0. The Kier molecular flexibility index (Phi) is 3.60. The fraction of sp³-hybridized carbons (Fsp3) is 0. The fourth-order valence-corrected chi connectivity index (χ4v) is 6.03. The number of hydrogen-bond donors (Lipinski definition) is 0. The van der Waals surface area contributed by atoms with E-state index in [-0.39, 0.29) is 55.0 Å². The number of rotatable bonds is 5. The SMILES string of the molecule is [2H]c1c([2H])c([2H])c(-c2c([2H])c([2H])c(-c3oc4cc(-c5ccccc5)ccc4c3-c3c4c([2H])c([2H])c([2H])c([2H])c4c(-c4ccccc4)c4c([2H])c([2H])c([2H])c([2H])c34)c([2H])c2[2H])c([2H])c1[2H]. The molecule has 1 aromatic heterocycles. The average molecular weight is 616 g/mol. The van der Waals surface area contributed by atoms with Gasteiger partial charge in [0.25, 0.3) is 0 Å². The van der Waals surface area contributed by atoms with E-state index >= 15 is 0 Å². The summed E-state index contributed by atoms with van der Waals surface area (Å²) in [7, 11) is 0. The van der Waals surface area contributed by atoms with Crippen LogP contribution in [0.15, 0.2) is 186 Å². The summed E-state index contributed by atoms with van der Waals surface area (Å²) in [4.78, 5) is 0. The van der Waals surface area contributed by atoms with Gasteiger partial charge in [0.2, 0.25) is 0 Å². The summed E-state index contributed by atoms with van der Waals surface area (Å²) in [6, 6.07) is 11.1. The van der Waals surface area contributed by atoms with Crippen LogP contribution in [-0.2, 0) is 0 Å². The first kappa shape index (κ1) is 14.9. The van der Waals surface area contributed by atoms with Crippen molar-refractivity contribution in [3.63, 3.8) is 0 Å². The van der Waals surface area contributed by atoms with Gasteiger partial charge in [0.15, 0.2) is 0 Å². The van der Waals surface area contributed by atoms with E-state index < -0.39 is 119 Å². The van der Waals surface area contributed by atoms with Gasteiger partial charge in [-0.1, -0.05) is 169 Å². The second-order valence-corrected chi connectivity index (χ2v) is 10.7. The second kappa shape index (κ2) is 11.3. The van der Waals surface area contributed by atoms with E-state index in [4.69, 9.17) is 16.8 Å². The van der Waals surface area contributed by atoms with Crippen LogP contribution < -0.4 is 0 Å². The molecule has 0 radical (unpaired) electrons. The van der Waals surface area contributed by atoms with Gasteiger partial charge in [-0.2, -0.15) is 0 Å². The molecule has 8 aromatic carbocycles. The van der Waals surface area contributed by atoms with E-state index in [2.05, 4.69) is 0 Å². The highest BCUT2D eigenvalue weighted by molar-refractivity contribution is 6.25. The predicted molar refractivity (Wildman–Crippen MR) is 198 cm³/mol. The summed E-state index contributed by atoms with van der Waals surface area (Å²) >= 11 is 0. The van der Waals surface area contributed by atoms with Crippen molar-refractivity contribution in [1.82, 2.24) is 0 Å². The number of hydrogen-bond acceptors (Lipinski definition) is 1. The van der Waals surface area contributed by atoms with Crippen molar-refractivity contribution in [3.8, 4) is 55.8 Å². The van der Waals surface area contributed by atoms with Crippen LogP contribution in [0.2, 0.25) is 0 Å². The molecule has 1 nitrogen and oxygen atoms in total. The molecule has 0 atom stereocenters. The maximum absolute atomic E-state index is 9.49. The van der Waals surface area contributed by atoms with Crippen LogP contribution in [0.5, 0.6) is 0 Å². The minimum Gasteiger partial charge on any atom is -0.455 e. The van der Waals surface area contributed by atoms with Crippen molar-refractivity contribution in [1.29, 1.82) is 0 Å². The molecule has 0 N–H and O–H groups in total. The van der Waals surface area contributed by atoms with Crippen molar-refractivity contribution >= 4 is 32.5 Å². The van der Waals surface area contributed by atoms with E-state index in [9.17, 15) is 11.0 Å². The lowest BCUT2D eigenvalue weighted by Gasteiger charge is -2.18. The zero-order valence-corrected chi connectivity index (χ0v) is 24.4. The zero-order valence-electron chi connectivity index (χ0n) is 41.4. The number of benzene rings is 8. The van der Waals surface area contributed by atoms with Crippen LogP contribution in [-0.4, -0.2) is 0 Å². The fourth-order valence-electron chi connectivity index (χ4n) is 6.03. The summed E-state index contributed by atoms with van der Waals surface area (Å²) in [6.45, 7) is 0. The van der Waals surface area contributed by atoms with Gasteiger partial charge in [-0.25, -0.2) is 0 Å². The van der Waals surface area contributed by atoms with E-state index in [0.717, 1.165) is 5.56 Å². The monoisotopic (exact) mass is 615 g/mol. The average Bonchev–Trinajstić information content (AvgIpc) is 3.67. The van der Waals surface area contributed by atoms with Gasteiger partial charge < -0.3 is 4.42 Å². The molecule has 1 heteroatoms. The third-order valence-corrected chi connectivity index (χ3v) is 8.09. The van der Waals surface area contributed by atoms with Crippen molar-refractivity contribution in [2.75, 3.05) is 0 Å². The smallest absolute Gasteiger partial charge is 0.143 e. The molecule has 0 unspecified atom stereocenters. The van der Waals surface area contributed by atoms with E-state index in [1.807, 2.05) is 30.3 Å². The molecular weight excluding hydrogens is 569 g/mol.